The van der Waals surface area contributed by atoms with Crippen LogP contribution in [0.2, 0.25) is 0 Å². The molecule has 56 heavy (non-hydrogen) atoms. The Morgan fingerprint density at radius 1 is 0.411 bits per heavy atom. The van der Waals surface area contributed by atoms with Gasteiger partial charge in [0.05, 0.1) is 28.5 Å². The molecule has 2 aromatic heterocycles. The zero-order valence-electron chi connectivity index (χ0n) is 30.6. The third-order valence-corrected chi connectivity index (χ3v) is 11.3. The molecule has 2 atom stereocenters. The van der Waals surface area contributed by atoms with Gasteiger partial charge < -0.3 is 9.47 Å². The van der Waals surface area contributed by atoms with E-state index in [9.17, 15) is 0 Å². The summed E-state index contributed by atoms with van der Waals surface area (Å²) in [7, 11) is 0. The number of anilines is 2. The van der Waals surface area contributed by atoms with Crippen LogP contribution in [0.25, 0.3) is 72.5 Å². The van der Waals surface area contributed by atoms with Crippen LogP contribution in [0, 0.1) is 0 Å². The number of aromatic nitrogens is 3. The number of nitrogens with zero attached hydrogens (tertiary/aromatic N) is 4. The topological polar surface area (TPSA) is 34.0 Å². The molecule has 9 aromatic rings. The van der Waals surface area contributed by atoms with Crippen LogP contribution in [0.1, 0.15) is 11.5 Å². The lowest BCUT2D eigenvalue weighted by Gasteiger charge is -2.29. The molecule has 3 heterocycles. The van der Waals surface area contributed by atoms with Gasteiger partial charge in [0, 0.05) is 50.4 Å². The van der Waals surface area contributed by atoms with Crippen molar-refractivity contribution in [3.05, 3.63) is 212 Å². The van der Waals surface area contributed by atoms with E-state index in [0.717, 1.165) is 39.5 Å². The highest BCUT2D eigenvalue weighted by Crippen LogP contribution is 2.49. The third-order valence-electron chi connectivity index (χ3n) is 11.3. The molecule has 4 heteroatoms. The molecule has 0 N–H and O–H groups in total. The van der Waals surface area contributed by atoms with Crippen molar-refractivity contribution in [2.45, 2.75) is 12.0 Å². The van der Waals surface area contributed by atoms with Gasteiger partial charge in [-0.15, -0.1) is 0 Å². The van der Waals surface area contributed by atoms with Gasteiger partial charge in [-0.3, -0.25) is 0 Å². The summed E-state index contributed by atoms with van der Waals surface area (Å²) in [6.45, 7) is 0. The first kappa shape index (κ1) is 32.2. The van der Waals surface area contributed by atoms with Gasteiger partial charge in [-0.2, -0.15) is 0 Å². The van der Waals surface area contributed by atoms with Crippen LogP contribution in [-0.2, 0) is 0 Å². The summed E-state index contributed by atoms with van der Waals surface area (Å²) in [6, 6.07) is 65.1. The van der Waals surface area contributed by atoms with E-state index in [-0.39, 0.29) is 12.0 Å². The Labute approximate surface area is 326 Å². The highest BCUT2D eigenvalue weighted by Gasteiger charge is 2.37. The molecular weight excluding hydrogens is 681 g/mol. The highest BCUT2D eigenvalue weighted by atomic mass is 15.2. The SMILES string of the molecule is C1=CC2c3ccccc3N(c3cc(-c4cc(-c5ccc(-c6ccccc6)cc5)nc(-c5ccccc5)n4)cc(-n4c5ccccc5c5ccccc54)c3)C2C=C1. The minimum absolute atomic E-state index is 0.155. The predicted molar refractivity (Wildman–Crippen MR) is 232 cm³/mol. The third kappa shape index (κ3) is 5.38. The molecule has 0 spiro atoms. The normalized spacial score (nSPS) is 15.7. The zero-order chi connectivity index (χ0) is 37.0. The van der Waals surface area contributed by atoms with E-state index in [4.69, 9.17) is 9.97 Å². The van der Waals surface area contributed by atoms with Crippen LogP contribution in [0.3, 0.4) is 0 Å². The van der Waals surface area contributed by atoms with Crippen LogP contribution in [0.4, 0.5) is 11.4 Å². The molecule has 0 fully saturated rings. The van der Waals surface area contributed by atoms with Crippen LogP contribution in [-0.4, -0.2) is 20.6 Å². The minimum Gasteiger partial charge on any atom is -0.333 e. The van der Waals surface area contributed by atoms with E-state index in [2.05, 4.69) is 198 Å². The number of hydrogen-bond acceptors (Lipinski definition) is 3. The number of fused-ring (bicyclic) bond motifs is 6. The van der Waals surface area contributed by atoms with Crippen molar-refractivity contribution < 1.29 is 0 Å². The Balaban J connectivity index is 1.15. The van der Waals surface area contributed by atoms with E-state index >= 15 is 0 Å². The van der Waals surface area contributed by atoms with Gasteiger partial charge >= 0.3 is 0 Å². The number of para-hydroxylation sites is 3. The maximum Gasteiger partial charge on any atom is 0.160 e. The Hall–Kier alpha value is -7.30. The number of hydrogen-bond donors (Lipinski definition) is 0. The van der Waals surface area contributed by atoms with Gasteiger partial charge in [0.15, 0.2) is 5.82 Å². The fraction of sp³-hybridized carbons (Fsp3) is 0.0385. The quantitative estimate of drug-likeness (QED) is 0.172. The smallest absolute Gasteiger partial charge is 0.160 e. The summed E-state index contributed by atoms with van der Waals surface area (Å²) < 4.78 is 2.41. The molecule has 2 aliphatic rings. The summed E-state index contributed by atoms with van der Waals surface area (Å²) in [5.41, 5.74) is 14.3. The molecule has 264 valence electrons. The second-order valence-electron chi connectivity index (χ2n) is 14.6. The monoisotopic (exact) mass is 716 g/mol. The van der Waals surface area contributed by atoms with Gasteiger partial charge in [0.1, 0.15) is 0 Å². The van der Waals surface area contributed by atoms with Crippen LogP contribution in [0.15, 0.2) is 206 Å². The van der Waals surface area contributed by atoms with E-state index < -0.39 is 0 Å². The van der Waals surface area contributed by atoms with Crippen LogP contribution >= 0.6 is 0 Å². The van der Waals surface area contributed by atoms with Crippen molar-refractivity contribution in [3.63, 3.8) is 0 Å². The van der Waals surface area contributed by atoms with Crippen LogP contribution < -0.4 is 4.90 Å². The van der Waals surface area contributed by atoms with Crippen LogP contribution in [0.5, 0.6) is 0 Å². The number of rotatable bonds is 6. The summed E-state index contributed by atoms with van der Waals surface area (Å²) in [5, 5.41) is 2.47. The molecule has 0 saturated heterocycles. The Bertz CT molecular complexity index is 2920. The Morgan fingerprint density at radius 3 is 1.70 bits per heavy atom. The first-order valence-electron chi connectivity index (χ1n) is 19.2. The number of benzene rings is 7. The molecule has 0 saturated carbocycles. The Morgan fingerprint density at radius 2 is 0.964 bits per heavy atom. The van der Waals surface area contributed by atoms with E-state index in [1.807, 2.05) is 18.2 Å². The largest absolute Gasteiger partial charge is 0.333 e. The van der Waals surface area contributed by atoms with Gasteiger partial charge in [-0.05, 0) is 59.2 Å². The summed E-state index contributed by atoms with van der Waals surface area (Å²) in [5.74, 6) is 0.965. The fourth-order valence-corrected chi connectivity index (χ4v) is 8.73. The lowest BCUT2D eigenvalue weighted by atomic mass is 9.91. The van der Waals surface area contributed by atoms with E-state index in [0.29, 0.717) is 5.82 Å². The molecule has 7 aromatic carbocycles. The first-order chi connectivity index (χ1) is 27.8. The highest BCUT2D eigenvalue weighted by molar-refractivity contribution is 6.09. The average Bonchev–Trinajstić information content (AvgIpc) is 3.80. The van der Waals surface area contributed by atoms with E-state index in [1.165, 1.54) is 44.2 Å². The molecule has 0 bridgehead atoms. The standard InChI is InChI=1S/C52H36N4/c1-3-15-35(16-4-1)36-27-29-37(30-28-36)46-34-47(54-52(53-46)38-17-5-2-6-18-38)39-31-40(55-48-23-11-7-19-42(48)43-20-8-12-24-49(43)55)33-41(32-39)56-50-25-13-9-21-44(50)45-22-10-14-26-51(45)56/h1-34,42,48H. The minimum atomic E-state index is 0.155. The van der Waals surface area contributed by atoms with Gasteiger partial charge in [-0.1, -0.05) is 164 Å². The van der Waals surface area contributed by atoms with Crippen molar-refractivity contribution in [2.24, 2.45) is 0 Å². The molecular formula is C52H36N4. The van der Waals surface area contributed by atoms with Gasteiger partial charge in [0.2, 0.25) is 0 Å². The predicted octanol–water partition coefficient (Wildman–Crippen LogP) is 13.0. The fourth-order valence-electron chi connectivity index (χ4n) is 8.73. The van der Waals surface area contributed by atoms with Crippen molar-refractivity contribution in [2.75, 3.05) is 4.90 Å². The van der Waals surface area contributed by atoms with Crippen molar-refractivity contribution in [3.8, 4) is 50.7 Å². The van der Waals surface area contributed by atoms with E-state index in [1.54, 1.807) is 0 Å². The van der Waals surface area contributed by atoms with Gasteiger partial charge in [-0.25, -0.2) is 9.97 Å². The Kier molecular flexibility index (Phi) is 7.59. The molecule has 11 rings (SSSR count). The second kappa shape index (κ2) is 13.2. The molecule has 1 aliphatic heterocycles. The lowest BCUT2D eigenvalue weighted by molar-refractivity contribution is 0.744. The summed E-state index contributed by atoms with van der Waals surface area (Å²) >= 11 is 0. The van der Waals surface area contributed by atoms with Gasteiger partial charge in [0.25, 0.3) is 0 Å². The van der Waals surface area contributed by atoms with Crippen molar-refractivity contribution >= 4 is 33.2 Å². The first-order valence-corrected chi connectivity index (χ1v) is 19.2. The molecule has 2 unspecified atom stereocenters. The van der Waals surface area contributed by atoms with Crippen molar-refractivity contribution in [1.82, 2.24) is 14.5 Å². The maximum absolute atomic E-state index is 5.34. The zero-order valence-corrected chi connectivity index (χ0v) is 30.6. The summed E-state index contributed by atoms with van der Waals surface area (Å²) in [6.07, 6.45) is 9.05. The molecule has 4 nitrogen and oxygen atoms in total. The second-order valence-corrected chi connectivity index (χ2v) is 14.6. The molecule has 0 amide bonds. The average molecular weight is 717 g/mol. The lowest BCUT2D eigenvalue weighted by Crippen LogP contribution is -2.28. The van der Waals surface area contributed by atoms with Crippen molar-refractivity contribution in [1.29, 1.82) is 0 Å². The molecule has 1 aliphatic carbocycles. The summed E-state index contributed by atoms with van der Waals surface area (Å²) in [4.78, 5) is 13.1. The number of allylic oxidation sites excluding steroid dienone is 2. The molecule has 0 radical (unpaired) electrons. The maximum atomic E-state index is 5.34.